The standard InChI is InChI=1S/C18H20N4O4/c23-15-9-13(18(25-15)6-2-1-3-7-18)17(24)20-11-14-21-16(22-26-14)12-5-4-8-19-10-12/h4-5,8,10,13H,1-3,6-7,9,11H2,(H,20,24). The van der Waals surface area contributed by atoms with Gasteiger partial charge in [-0.2, -0.15) is 4.98 Å². The molecule has 0 bridgehead atoms. The Labute approximate surface area is 150 Å². The number of carbonyl (C=O) groups excluding carboxylic acids is 2. The van der Waals surface area contributed by atoms with Gasteiger partial charge in [-0.3, -0.25) is 14.6 Å². The number of hydrogen-bond acceptors (Lipinski definition) is 7. The van der Waals surface area contributed by atoms with Crippen LogP contribution in [0.25, 0.3) is 11.4 Å². The predicted molar refractivity (Wildman–Crippen MR) is 89.4 cm³/mol. The summed E-state index contributed by atoms with van der Waals surface area (Å²) in [5, 5.41) is 6.72. The zero-order chi connectivity index (χ0) is 18.0. The summed E-state index contributed by atoms with van der Waals surface area (Å²) < 4.78 is 10.8. The van der Waals surface area contributed by atoms with E-state index in [9.17, 15) is 9.59 Å². The molecule has 0 aromatic carbocycles. The molecular formula is C18H20N4O4. The number of nitrogens with one attached hydrogen (secondary N) is 1. The number of nitrogens with zero attached hydrogens (tertiary/aromatic N) is 3. The van der Waals surface area contributed by atoms with Gasteiger partial charge in [0.05, 0.1) is 18.9 Å². The normalized spacial score (nSPS) is 21.5. The molecule has 3 heterocycles. The average molecular weight is 356 g/mol. The minimum Gasteiger partial charge on any atom is -0.458 e. The molecular weight excluding hydrogens is 336 g/mol. The van der Waals surface area contributed by atoms with Gasteiger partial charge in [-0.25, -0.2) is 0 Å². The number of aromatic nitrogens is 3. The lowest BCUT2D eigenvalue weighted by Crippen LogP contribution is -2.45. The number of pyridine rings is 1. The highest BCUT2D eigenvalue weighted by Gasteiger charge is 2.52. The summed E-state index contributed by atoms with van der Waals surface area (Å²) in [6, 6.07) is 3.61. The lowest BCUT2D eigenvalue weighted by atomic mass is 9.75. The van der Waals surface area contributed by atoms with E-state index in [1.54, 1.807) is 18.5 Å². The summed E-state index contributed by atoms with van der Waals surface area (Å²) in [5.74, 6) is -0.204. The maximum atomic E-state index is 12.7. The van der Waals surface area contributed by atoms with Crippen LogP contribution < -0.4 is 5.32 Å². The van der Waals surface area contributed by atoms with Gasteiger partial charge in [-0.05, 0) is 37.8 Å². The van der Waals surface area contributed by atoms with Crippen LogP contribution in [-0.4, -0.2) is 32.6 Å². The Morgan fingerprint density at radius 1 is 1.31 bits per heavy atom. The molecule has 8 heteroatoms. The molecule has 1 atom stereocenters. The van der Waals surface area contributed by atoms with Crippen molar-refractivity contribution in [2.75, 3.05) is 0 Å². The molecule has 1 aliphatic heterocycles. The van der Waals surface area contributed by atoms with Crippen molar-refractivity contribution >= 4 is 11.9 Å². The van der Waals surface area contributed by atoms with E-state index >= 15 is 0 Å². The molecule has 8 nitrogen and oxygen atoms in total. The van der Waals surface area contributed by atoms with Gasteiger partial charge in [0.25, 0.3) is 0 Å². The van der Waals surface area contributed by atoms with Gasteiger partial charge in [0.2, 0.25) is 17.6 Å². The van der Waals surface area contributed by atoms with Crippen LogP contribution >= 0.6 is 0 Å². The van der Waals surface area contributed by atoms with Gasteiger partial charge < -0.3 is 14.6 Å². The molecule has 2 aliphatic rings. The number of carbonyl (C=O) groups is 2. The topological polar surface area (TPSA) is 107 Å². The van der Waals surface area contributed by atoms with Crippen LogP contribution in [0.2, 0.25) is 0 Å². The van der Waals surface area contributed by atoms with E-state index in [4.69, 9.17) is 9.26 Å². The van der Waals surface area contributed by atoms with Crippen LogP contribution in [0.5, 0.6) is 0 Å². The van der Waals surface area contributed by atoms with Gasteiger partial charge in [0.15, 0.2) is 0 Å². The molecule has 136 valence electrons. The molecule has 1 N–H and O–H groups in total. The van der Waals surface area contributed by atoms with Crippen molar-refractivity contribution in [3.8, 4) is 11.4 Å². The minimum atomic E-state index is -0.630. The smallest absolute Gasteiger partial charge is 0.307 e. The Hall–Kier alpha value is -2.77. The monoisotopic (exact) mass is 356 g/mol. The van der Waals surface area contributed by atoms with Gasteiger partial charge in [0, 0.05) is 18.0 Å². The average Bonchev–Trinajstić information content (AvgIpc) is 3.26. The number of rotatable bonds is 4. The third-order valence-electron chi connectivity index (χ3n) is 5.14. The van der Waals surface area contributed by atoms with E-state index in [2.05, 4.69) is 20.4 Å². The highest BCUT2D eigenvalue weighted by Crippen LogP contribution is 2.44. The van der Waals surface area contributed by atoms with Crippen molar-refractivity contribution in [3.05, 3.63) is 30.4 Å². The molecule has 2 aromatic rings. The largest absolute Gasteiger partial charge is 0.458 e. The Kier molecular flexibility index (Phi) is 4.40. The van der Waals surface area contributed by atoms with Gasteiger partial charge >= 0.3 is 5.97 Å². The fraction of sp³-hybridized carbons (Fsp3) is 0.500. The van der Waals surface area contributed by atoms with Gasteiger partial charge in [0.1, 0.15) is 5.60 Å². The third-order valence-corrected chi connectivity index (χ3v) is 5.14. The predicted octanol–water partition coefficient (Wildman–Crippen LogP) is 2.01. The molecule has 0 radical (unpaired) electrons. The number of hydrogen-bond donors (Lipinski definition) is 1. The van der Waals surface area contributed by atoms with Crippen molar-refractivity contribution in [3.63, 3.8) is 0 Å². The maximum absolute atomic E-state index is 12.7. The minimum absolute atomic E-state index is 0.118. The molecule has 4 rings (SSSR count). The van der Waals surface area contributed by atoms with Crippen molar-refractivity contribution in [1.29, 1.82) is 0 Å². The van der Waals surface area contributed by atoms with Crippen molar-refractivity contribution in [1.82, 2.24) is 20.4 Å². The van der Waals surface area contributed by atoms with Crippen molar-refractivity contribution in [2.45, 2.75) is 50.7 Å². The SMILES string of the molecule is O=C1CC(C(=O)NCc2nc(-c3cccnc3)no2)C2(CCCCC2)O1. The lowest BCUT2D eigenvalue weighted by Gasteiger charge is -2.35. The third kappa shape index (κ3) is 3.18. The van der Waals surface area contributed by atoms with Crippen LogP contribution in [-0.2, 0) is 20.9 Å². The highest BCUT2D eigenvalue weighted by molar-refractivity contribution is 5.87. The van der Waals surface area contributed by atoms with Crippen LogP contribution in [0.15, 0.2) is 29.0 Å². The zero-order valence-electron chi connectivity index (χ0n) is 14.3. The summed E-state index contributed by atoms with van der Waals surface area (Å²) in [4.78, 5) is 32.8. The molecule has 1 saturated carbocycles. The van der Waals surface area contributed by atoms with Gasteiger partial charge in [-0.15, -0.1) is 0 Å². The maximum Gasteiger partial charge on any atom is 0.307 e. The molecule has 1 aliphatic carbocycles. The number of ether oxygens (including phenoxy) is 1. The second-order valence-electron chi connectivity index (χ2n) is 6.83. The summed E-state index contributed by atoms with van der Waals surface area (Å²) >= 11 is 0. The number of amides is 1. The first-order valence-corrected chi connectivity index (χ1v) is 8.89. The summed E-state index contributed by atoms with van der Waals surface area (Å²) in [6.07, 6.45) is 8.02. The first-order valence-electron chi connectivity index (χ1n) is 8.89. The summed E-state index contributed by atoms with van der Waals surface area (Å²) in [5.41, 5.74) is 0.111. The molecule has 1 amide bonds. The Bertz CT molecular complexity index is 799. The van der Waals surface area contributed by atoms with Gasteiger partial charge in [-0.1, -0.05) is 11.6 Å². The van der Waals surface area contributed by atoms with Crippen molar-refractivity contribution < 1.29 is 18.8 Å². The zero-order valence-corrected chi connectivity index (χ0v) is 14.3. The fourth-order valence-corrected chi connectivity index (χ4v) is 3.85. The lowest BCUT2D eigenvalue weighted by molar-refractivity contribution is -0.153. The molecule has 1 spiro atoms. The summed E-state index contributed by atoms with van der Waals surface area (Å²) in [6.45, 7) is 0.118. The first-order chi connectivity index (χ1) is 12.7. The molecule has 2 fully saturated rings. The van der Waals surface area contributed by atoms with E-state index in [1.807, 2.05) is 6.07 Å². The molecule has 1 unspecified atom stereocenters. The van der Waals surface area contributed by atoms with E-state index in [0.29, 0.717) is 11.7 Å². The summed E-state index contributed by atoms with van der Waals surface area (Å²) in [7, 11) is 0. The van der Waals surface area contributed by atoms with E-state index in [0.717, 1.165) is 37.7 Å². The Morgan fingerprint density at radius 2 is 2.15 bits per heavy atom. The van der Waals surface area contributed by atoms with Crippen molar-refractivity contribution in [2.24, 2.45) is 5.92 Å². The highest BCUT2D eigenvalue weighted by atomic mass is 16.6. The fourth-order valence-electron chi connectivity index (χ4n) is 3.85. The first kappa shape index (κ1) is 16.7. The van der Waals surface area contributed by atoms with Crippen LogP contribution in [0, 0.1) is 5.92 Å². The van der Waals surface area contributed by atoms with E-state index in [-0.39, 0.29) is 24.8 Å². The molecule has 26 heavy (non-hydrogen) atoms. The van der Waals surface area contributed by atoms with E-state index < -0.39 is 11.5 Å². The van der Waals surface area contributed by atoms with Crippen LogP contribution in [0.4, 0.5) is 0 Å². The molecule has 2 aromatic heterocycles. The van der Waals surface area contributed by atoms with Crippen LogP contribution in [0.1, 0.15) is 44.4 Å². The Morgan fingerprint density at radius 3 is 2.92 bits per heavy atom. The second kappa shape index (κ2) is 6.86. The van der Waals surface area contributed by atoms with E-state index in [1.165, 1.54) is 0 Å². The number of esters is 1. The Balaban J connectivity index is 1.41. The molecule has 1 saturated heterocycles. The van der Waals surface area contributed by atoms with Crippen LogP contribution in [0.3, 0.4) is 0 Å². The second-order valence-corrected chi connectivity index (χ2v) is 6.83. The quantitative estimate of drug-likeness (QED) is 0.835.